The van der Waals surface area contributed by atoms with Gasteiger partial charge >= 0.3 is 5.97 Å². The lowest BCUT2D eigenvalue weighted by molar-refractivity contribution is -0.138. The SMILES string of the molecule is Cc1cccc(NC(C(=O)O)c2nccs2)c1. The van der Waals surface area contributed by atoms with Gasteiger partial charge in [-0.2, -0.15) is 0 Å². The Hall–Kier alpha value is -1.88. The van der Waals surface area contributed by atoms with Gasteiger partial charge in [0.2, 0.25) is 0 Å². The molecule has 5 heteroatoms. The zero-order valence-electron chi connectivity index (χ0n) is 9.25. The van der Waals surface area contributed by atoms with Crippen LogP contribution < -0.4 is 5.32 Å². The second kappa shape index (κ2) is 4.97. The molecular formula is C12H12N2O2S. The van der Waals surface area contributed by atoms with Gasteiger partial charge in [0.05, 0.1) is 0 Å². The number of hydrogen-bond acceptors (Lipinski definition) is 4. The van der Waals surface area contributed by atoms with Crippen molar-refractivity contribution in [3.63, 3.8) is 0 Å². The number of aliphatic carboxylic acids is 1. The van der Waals surface area contributed by atoms with E-state index in [1.807, 2.05) is 31.2 Å². The molecule has 1 aromatic heterocycles. The minimum atomic E-state index is -0.929. The first-order chi connectivity index (χ1) is 8.16. The zero-order chi connectivity index (χ0) is 12.3. The highest BCUT2D eigenvalue weighted by Gasteiger charge is 2.21. The van der Waals surface area contributed by atoms with Gasteiger partial charge in [-0.15, -0.1) is 11.3 Å². The van der Waals surface area contributed by atoms with E-state index in [1.165, 1.54) is 11.3 Å². The Labute approximate surface area is 103 Å². The highest BCUT2D eigenvalue weighted by molar-refractivity contribution is 7.09. The number of nitrogens with one attached hydrogen (secondary N) is 1. The maximum Gasteiger partial charge on any atom is 0.333 e. The number of carbonyl (C=O) groups is 1. The predicted molar refractivity (Wildman–Crippen MR) is 67.3 cm³/mol. The third-order valence-electron chi connectivity index (χ3n) is 2.27. The van der Waals surface area contributed by atoms with Gasteiger partial charge in [-0.05, 0) is 24.6 Å². The van der Waals surface area contributed by atoms with E-state index in [0.717, 1.165) is 11.3 Å². The second-order valence-electron chi connectivity index (χ2n) is 3.66. The summed E-state index contributed by atoms with van der Waals surface area (Å²) in [6.45, 7) is 1.96. The van der Waals surface area contributed by atoms with Crippen molar-refractivity contribution in [1.82, 2.24) is 4.98 Å². The summed E-state index contributed by atoms with van der Waals surface area (Å²) in [5.74, 6) is -0.929. The van der Waals surface area contributed by atoms with Crippen molar-refractivity contribution in [3.05, 3.63) is 46.4 Å². The molecule has 0 amide bonds. The molecule has 1 unspecified atom stereocenters. The lowest BCUT2D eigenvalue weighted by atomic mass is 10.2. The number of thiazole rings is 1. The Bertz CT molecular complexity index is 511. The maximum absolute atomic E-state index is 11.2. The molecule has 88 valence electrons. The number of aromatic nitrogens is 1. The molecule has 0 spiro atoms. The predicted octanol–water partition coefficient (Wildman–Crippen LogP) is 2.69. The molecule has 0 bridgehead atoms. The first-order valence-corrected chi connectivity index (χ1v) is 6.00. The Morgan fingerprint density at radius 3 is 2.94 bits per heavy atom. The molecule has 17 heavy (non-hydrogen) atoms. The maximum atomic E-state index is 11.2. The van der Waals surface area contributed by atoms with E-state index in [0.29, 0.717) is 5.01 Å². The van der Waals surface area contributed by atoms with E-state index >= 15 is 0 Å². The average Bonchev–Trinajstić information content (AvgIpc) is 2.78. The molecule has 0 aliphatic heterocycles. The van der Waals surface area contributed by atoms with Crippen molar-refractivity contribution in [2.24, 2.45) is 0 Å². The average molecular weight is 248 g/mol. The van der Waals surface area contributed by atoms with E-state index in [4.69, 9.17) is 0 Å². The van der Waals surface area contributed by atoms with Crippen LogP contribution in [0.15, 0.2) is 35.8 Å². The fourth-order valence-corrected chi connectivity index (χ4v) is 2.19. The van der Waals surface area contributed by atoms with E-state index in [-0.39, 0.29) is 0 Å². The third-order valence-corrected chi connectivity index (χ3v) is 3.11. The highest BCUT2D eigenvalue weighted by atomic mass is 32.1. The number of rotatable bonds is 4. The quantitative estimate of drug-likeness (QED) is 0.873. The first kappa shape index (κ1) is 11.6. The molecule has 2 rings (SSSR count). The number of nitrogens with zero attached hydrogens (tertiary/aromatic N) is 1. The van der Waals surface area contributed by atoms with Gasteiger partial charge in [-0.25, -0.2) is 9.78 Å². The molecule has 0 saturated carbocycles. The van der Waals surface area contributed by atoms with Crippen LogP contribution in [-0.2, 0) is 4.79 Å². The summed E-state index contributed by atoms with van der Waals surface area (Å²) in [6.07, 6.45) is 1.61. The van der Waals surface area contributed by atoms with Crippen LogP contribution in [0.1, 0.15) is 16.6 Å². The molecule has 1 aromatic carbocycles. The van der Waals surface area contributed by atoms with E-state index in [1.54, 1.807) is 11.6 Å². The Kier molecular flexibility index (Phi) is 3.39. The van der Waals surface area contributed by atoms with Crippen LogP contribution in [-0.4, -0.2) is 16.1 Å². The van der Waals surface area contributed by atoms with Gasteiger partial charge in [0.1, 0.15) is 5.01 Å². The van der Waals surface area contributed by atoms with Gasteiger partial charge in [-0.3, -0.25) is 0 Å². The lowest BCUT2D eigenvalue weighted by Crippen LogP contribution is -2.20. The van der Waals surface area contributed by atoms with Crippen molar-refractivity contribution in [3.8, 4) is 0 Å². The van der Waals surface area contributed by atoms with E-state index < -0.39 is 12.0 Å². The zero-order valence-corrected chi connectivity index (χ0v) is 10.1. The molecule has 0 radical (unpaired) electrons. The normalized spacial score (nSPS) is 12.1. The molecule has 4 nitrogen and oxygen atoms in total. The molecule has 1 heterocycles. The number of carboxylic acids is 1. The van der Waals surface area contributed by atoms with Crippen molar-refractivity contribution in [2.45, 2.75) is 13.0 Å². The van der Waals surface area contributed by atoms with Crippen molar-refractivity contribution >= 4 is 23.0 Å². The van der Waals surface area contributed by atoms with Gasteiger partial charge < -0.3 is 10.4 Å². The number of aryl methyl sites for hydroxylation is 1. The smallest absolute Gasteiger partial charge is 0.333 e. The molecule has 0 fully saturated rings. The number of benzene rings is 1. The number of hydrogen-bond donors (Lipinski definition) is 2. The molecule has 2 N–H and O–H groups in total. The van der Waals surface area contributed by atoms with Crippen LogP contribution in [0.3, 0.4) is 0 Å². The van der Waals surface area contributed by atoms with Crippen LogP contribution in [0.25, 0.3) is 0 Å². The van der Waals surface area contributed by atoms with Crippen LogP contribution in [0.4, 0.5) is 5.69 Å². The molecule has 0 aliphatic carbocycles. The minimum Gasteiger partial charge on any atom is -0.479 e. The third kappa shape index (κ3) is 2.82. The standard InChI is InChI=1S/C12H12N2O2S/c1-8-3-2-4-9(7-8)14-10(12(15)16)11-13-5-6-17-11/h2-7,10,14H,1H3,(H,15,16). The highest BCUT2D eigenvalue weighted by Crippen LogP contribution is 2.22. The summed E-state index contributed by atoms with van der Waals surface area (Å²) in [4.78, 5) is 15.2. The summed E-state index contributed by atoms with van der Waals surface area (Å²) in [7, 11) is 0. The van der Waals surface area contributed by atoms with Crippen LogP contribution in [0, 0.1) is 6.92 Å². The Morgan fingerprint density at radius 1 is 1.53 bits per heavy atom. The van der Waals surface area contributed by atoms with E-state index in [2.05, 4.69) is 10.3 Å². The summed E-state index contributed by atoms with van der Waals surface area (Å²) < 4.78 is 0. The molecule has 0 aliphatic rings. The van der Waals surface area contributed by atoms with E-state index in [9.17, 15) is 9.90 Å². The largest absolute Gasteiger partial charge is 0.479 e. The Morgan fingerprint density at radius 2 is 2.35 bits per heavy atom. The van der Waals surface area contributed by atoms with Gasteiger partial charge in [0, 0.05) is 17.3 Å². The van der Waals surface area contributed by atoms with Crippen molar-refractivity contribution < 1.29 is 9.90 Å². The van der Waals surface area contributed by atoms with Gasteiger partial charge in [-0.1, -0.05) is 12.1 Å². The monoisotopic (exact) mass is 248 g/mol. The van der Waals surface area contributed by atoms with Gasteiger partial charge in [0.15, 0.2) is 6.04 Å². The van der Waals surface area contributed by atoms with Gasteiger partial charge in [0.25, 0.3) is 0 Å². The fraction of sp³-hybridized carbons (Fsp3) is 0.167. The lowest BCUT2D eigenvalue weighted by Gasteiger charge is -2.13. The van der Waals surface area contributed by atoms with Crippen molar-refractivity contribution in [2.75, 3.05) is 5.32 Å². The summed E-state index contributed by atoms with van der Waals surface area (Å²) in [5, 5.41) is 14.5. The molecule has 0 saturated heterocycles. The Balaban J connectivity index is 2.22. The summed E-state index contributed by atoms with van der Waals surface area (Å²) in [6, 6.07) is 6.81. The summed E-state index contributed by atoms with van der Waals surface area (Å²) >= 11 is 1.33. The molecule has 2 aromatic rings. The number of carboxylic acid groups (broad SMARTS) is 1. The topological polar surface area (TPSA) is 62.2 Å². The summed E-state index contributed by atoms with van der Waals surface area (Å²) in [5.41, 5.74) is 1.87. The van der Waals surface area contributed by atoms with Crippen LogP contribution in [0.5, 0.6) is 0 Å². The molecule has 1 atom stereocenters. The molecular weight excluding hydrogens is 236 g/mol. The number of anilines is 1. The first-order valence-electron chi connectivity index (χ1n) is 5.12. The minimum absolute atomic E-state index is 0.555. The van der Waals surface area contributed by atoms with Crippen LogP contribution >= 0.6 is 11.3 Å². The van der Waals surface area contributed by atoms with Crippen molar-refractivity contribution in [1.29, 1.82) is 0 Å². The second-order valence-corrected chi connectivity index (χ2v) is 4.58. The fourth-order valence-electron chi connectivity index (χ4n) is 1.51. The van der Waals surface area contributed by atoms with Crippen LogP contribution in [0.2, 0.25) is 0 Å².